The number of rotatable bonds is 6. The van der Waals surface area contributed by atoms with Gasteiger partial charge < -0.3 is 14.8 Å². The number of guanidine groups is 1. The number of likely N-dealkylation sites (tertiary alicyclic amines) is 1. The molecular weight excluding hydrogens is 324 g/mol. The van der Waals surface area contributed by atoms with E-state index < -0.39 is 0 Å². The first-order valence-electron chi connectivity index (χ1n) is 10.4. The third-order valence-corrected chi connectivity index (χ3v) is 5.93. The van der Waals surface area contributed by atoms with E-state index in [0.29, 0.717) is 0 Å². The highest BCUT2D eigenvalue weighted by Gasteiger charge is 2.35. The molecule has 1 aromatic rings. The van der Waals surface area contributed by atoms with Gasteiger partial charge in [0.1, 0.15) is 0 Å². The summed E-state index contributed by atoms with van der Waals surface area (Å²) in [6, 6.07) is 5.46. The number of aromatic nitrogens is 1. The Kier molecular flexibility index (Phi) is 6.75. The maximum absolute atomic E-state index is 11.9. The predicted octanol–water partition coefficient (Wildman–Crippen LogP) is 3.02. The van der Waals surface area contributed by atoms with Crippen LogP contribution in [0.3, 0.4) is 0 Å². The molecule has 26 heavy (non-hydrogen) atoms. The summed E-state index contributed by atoms with van der Waals surface area (Å²) in [6.07, 6.45) is 7.59. The van der Waals surface area contributed by atoms with Gasteiger partial charge in [-0.05, 0) is 57.4 Å². The maximum atomic E-state index is 11.9. The monoisotopic (exact) mass is 358 g/mol. The second-order valence-electron chi connectivity index (χ2n) is 7.81. The smallest absolute Gasteiger partial charge is 0.250 e. The summed E-state index contributed by atoms with van der Waals surface area (Å²) in [5.41, 5.74) is 1.13. The highest BCUT2D eigenvalue weighted by atomic mass is 16.1. The van der Waals surface area contributed by atoms with Crippen LogP contribution in [0.5, 0.6) is 0 Å². The average molecular weight is 359 g/mol. The number of hydrogen-bond acceptors (Lipinski definition) is 2. The molecule has 3 rings (SSSR count). The minimum absolute atomic E-state index is 0.0986. The van der Waals surface area contributed by atoms with E-state index in [1.165, 1.54) is 38.8 Å². The molecule has 2 atom stereocenters. The Bertz CT molecular complexity index is 652. The summed E-state index contributed by atoms with van der Waals surface area (Å²) < 4.78 is 1.86. The zero-order chi connectivity index (χ0) is 18.4. The number of fused-ring (bicyclic) bond motifs is 1. The molecule has 2 fully saturated rings. The van der Waals surface area contributed by atoms with Gasteiger partial charge in [-0.3, -0.25) is 9.79 Å². The van der Waals surface area contributed by atoms with E-state index in [9.17, 15) is 4.79 Å². The summed E-state index contributed by atoms with van der Waals surface area (Å²) in [5, 5.41) is 3.48. The molecule has 0 spiro atoms. The Hall–Kier alpha value is -1.78. The van der Waals surface area contributed by atoms with Crippen molar-refractivity contribution < 1.29 is 0 Å². The molecule has 1 N–H and O–H groups in total. The van der Waals surface area contributed by atoms with Gasteiger partial charge in [-0.15, -0.1) is 0 Å². The van der Waals surface area contributed by atoms with E-state index in [1.807, 2.05) is 23.6 Å². The first kappa shape index (κ1) is 19.0. The highest BCUT2D eigenvalue weighted by Crippen LogP contribution is 2.35. The van der Waals surface area contributed by atoms with Crippen LogP contribution in [0.1, 0.15) is 51.1 Å². The number of unbranched alkanes of at least 4 members (excludes halogenated alkanes) is 1. The Labute approximate surface area is 157 Å². The standard InChI is InChI=1S/C21H34N4O/c1-3-22-21(24-15-18-10-4-5-11-19(18)16-24)23-13-6-7-14-25-17(2)9-8-12-20(25)26/h8-9,12,18-19H,3-7,10-11,13-16H2,1-2H3,(H,22,23). The molecule has 1 saturated carbocycles. The van der Waals surface area contributed by atoms with E-state index in [2.05, 4.69) is 17.1 Å². The van der Waals surface area contributed by atoms with Crippen LogP contribution in [-0.4, -0.2) is 41.6 Å². The van der Waals surface area contributed by atoms with Gasteiger partial charge in [-0.1, -0.05) is 18.9 Å². The molecule has 0 radical (unpaired) electrons. The minimum Gasteiger partial charge on any atom is -0.357 e. The number of pyridine rings is 1. The van der Waals surface area contributed by atoms with E-state index in [-0.39, 0.29) is 5.56 Å². The molecule has 2 heterocycles. The largest absolute Gasteiger partial charge is 0.357 e. The number of aliphatic imine (C=N–C) groups is 1. The van der Waals surface area contributed by atoms with Crippen molar-refractivity contribution in [2.45, 2.75) is 58.9 Å². The van der Waals surface area contributed by atoms with Crippen molar-refractivity contribution in [1.82, 2.24) is 14.8 Å². The number of nitrogens with one attached hydrogen (secondary N) is 1. The molecule has 2 aliphatic rings. The molecule has 1 aliphatic heterocycles. The SMILES string of the molecule is CCNC(=NCCCCn1c(C)cccc1=O)N1CC2CCCCC2C1. The Balaban J connectivity index is 1.49. The molecule has 0 bridgehead atoms. The fourth-order valence-electron chi connectivity index (χ4n) is 4.48. The van der Waals surface area contributed by atoms with Crippen LogP contribution in [0.25, 0.3) is 0 Å². The van der Waals surface area contributed by atoms with Gasteiger partial charge in [0.25, 0.3) is 5.56 Å². The van der Waals surface area contributed by atoms with Crippen molar-refractivity contribution in [3.05, 3.63) is 34.2 Å². The summed E-state index contributed by atoms with van der Waals surface area (Å²) in [7, 11) is 0. The summed E-state index contributed by atoms with van der Waals surface area (Å²) in [6.45, 7) is 9.02. The lowest BCUT2D eigenvalue weighted by Gasteiger charge is -2.22. The molecule has 0 aromatic carbocycles. The average Bonchev–Trinajstić information content (AvgIpc) is 3.06. The first-order valence-corrected chi connectivity index (χ1v) is 10.4. The van der Waals surface area contributed by atoms with E-state index in [4.69, 9.17) is 4.99 Å². The van der Waals surface area contributed by atoms with Gasteiger partial charge in [-0.25, -0.2) is 0 Å². The van der Waals surface area contributed by atoms with Crippen molar-refractivity contribution in [2.24, 2.45) is 16.8 Å². The number of hydrogen-bond donors (Lipinski definition) is 1. The van der Waals surface area contributed by atoms with E-state index in [0.717, 1.165) is 56.0 Å². The topological polar surface area (TPSA) is 49.6 Å². The Morgan fingerprint density at radius 3 is 2.58 bits per heavy atom. The fourth-order valence-corrected chi connectivity index (χ4v) is 4.48. The quantitative estimate of drug-likeness (QED) is 0.483. The fraction of sp³-hybridized carbons (Fsp3) is 0.714. The second kappa shape index (κ2) is 9.24. The zero-order valence-electron chi connectivity index (χ0n) is 16.4. The molecule has 144 valence electrons. The van der Waals surface area contributed by atoms with Crippen LogP contribution in [-0.2, 0) is 6.54 Å². The van der Waals surface area contributed by atoms with Gasteiger partial charge in [0.2, 0.25) is 0 Å². The molecule has 5 nitrogen and oxygen atoms in total. The van der Waals surface area contributed by atoms with Crippen molar-refractivity contribution in [1.29, 1.82) is 0 Å². The van der Waals surface area contributed by atoms with Gasteiger partial charge in [0.15, 0.2) is 5.96 Å². The molecule has 2 unspecified atom stereocenters. The van der Waals surface area contributed by atoms with Crippen LogP contribution in [0, 0.1) is 18.8 Å². The van der Waals surface area contributed by atoms with Crippen LogP contribution in [0.4, 0.5) is 0 Å². The normalized spacial score (nSPS) is 23.2. The molecule has 1 saturated heterocycles. The second-order valence-corrected chi connectivity index (χ2v) is 7.81. The van der Waals surface area contributed by atoms with Crippen molar-refractivity contribution >= 4 is 5.96 Å². The third-order valence-electron chi connectivity index (χ3n) is 5.93. The molecular formula is C21H34N4O. The van der Waals surface area contributed by atoms with E-state index in [1.54, 1.807) is 6.07 Å². The highest BCUT2D eigenvalue weighted by molar-refractivity contribution is 5.80. The minimum atomic E-state index is 0.0986. The van der Waals surface area contributed by atoms with Crippen molar-refractivity contribution in [3.63, 3.8) is 0 Å². The van der Waals surface area contributed by atoms with Crippen LogP contribution < -0.4 is 10.9 Å². The van der Waals surface area contributed by atoms with Crippen LogP contribution in [0.2, 0.25) is 0 Å². The molecule has 1 aromatic heterocycles. The Morgan fingerprint density at radius 2 is 1.92 bits per heavy atom. The van der Waals surface area contributed by atoms with Crippen molar-refractivity contribution in [2.75, 3.05) is 26.2 Å². The predicted molar refractivity (Wildman–Crippen MR) is 108 cm³/mol. The molecule has 1 aliphatic carbocycles. The third kappa shape index (κ3) is 4.68. The lowest BCUT2D eigenvalue weighted by atomic mass is 9.82. The summed E-state index contributed by atoms with van der Waals surface area (Å²) in [4.78, 5) is 19.3. The number of nitrogens with zero attached hydrogens (tertiary/aromatic N) is 3. The summed E-state index contributed by atoms with van der Waals surface area (Å²) >= 11 is 0. The van der Waals surface area contributed by atoms with Crippen molar-refractivity contribution in [3.8, 4) is 0 Å². The van der Waals surface area contributed by atoms with E-state index >= 15 is 0 Å². The molecule has 5 heteroatoms. The number of aryl methyl sites for hydroxylation is 1. The van der Waals surface area contributed by atoms with Gasteiger partial charge in [0, 0.05) is 44.5 Å². The maximum Gasteiger partial charge on any atom is 0.250 e. The van der Waals surface area contributed by atoms with Gasteiger partial charge in [0.05, 0.1) is 0 Å². The molecule has 0 amide bonds. The lowest BCUT2D eigenvalue weighted by Crippen LogP contribution is -2.40. The van der Waals surface area contributed by atoms with Gasteiger partial charge >= 0.3 is 0 Å². The Morgan fingerprint density at radius 1 is 1.19 bits per heavy atom. The lowest BCUT2D eigenvalue weighted by molar-refractivity contribution is 0.299. The van der Waals surface area contributed by atoms with Gasteiger partial charge in [-0.2, -0.15) is 0 Å². The zero-order valence-corrected chi connectivity index (χ0v) is 16.4. The van der Waals surface area contributed by atoms with Crippen LogP contribution in [0.15, 0.2) is 28.0 Å². The van der Waals surface area contributed by atoms with Crippen LogP contribution >= 0.6 is 0 Å². The summed E-state index contributed by atoms with van der Waals surface area (Å²) in [5.74, 6) is 2.84. The first-order chi connectivity index (χ1) is 12.7.